The molecule has 172 valence electrons. The number of phenolic OH excluding ortho intramolecular Hbond substituents is 1. The van der Waals surface area contributed by atoms with Crippen LogP contribution in [0.15, 0.2) is 66.2 Å². The number of ether oxygens (including phenoxy) is 1. The Morgan fingerprint density at radius 3 is 2.50 bits per heavy atom. The van der Waals surface area contributed by atoms with E-state index in [9.17, 15) is 23.9 Å². The van der Waals surface area contributed by atoms with Gasteiger partial charge >= 0.3 is 6.03 Å². The number of phenols is 1. The second-order valence-electron chi connectivity index (χ2n) is 7.46. The van der Waals surface area contributed by atoms with Crippen LogP contribution < -0.4 is 15.0 Å². The number of benzene rings is 3. The van der Waals surface area contributed by atoms with Gasteiger partial charge in [-0.3, -0.25) is 14.9 Å². The summed E-state index contributed by atoms with van der Waals surface area (Å²) < 4.78 is 19.0. The molecule has 1 fully saturated rings. The quantitative estimate of drug-likeness (QED) is 0.415. The van der Waals surface area contributed by atoms with Gasteiger partial charge in [-0.1, -0.05) is 23.7 Å². The number of aromatic hydroxyl groups is 1. The predicted octanol–water partition coefficient (Wildman–Crippen LogP) is 4.45. The molecule has 0 radical (unpaired) electrons. The summed E-state index contributed by atoms with van der Waals surface area (Å²) in [5.74, 6) is -1.72. The highest BCUT2D eigenvalue weighted by molar-refractivity contribution is 6.39. The average molecular weight is 481 g/mol. The lowest BCUT2D eigenvalue weighted by Gasteiger charge is -2.26. The van der Waals surface area contributed by atoms with Crippen LogP contribution in [-0.4, -0.2) is 30.1 Å². The van der Waals surface area contributed by atoms with Crippen LogP contribution >= 0.6 is 11.6 Å². The Labute approximate surface area is 199 Å². The molecule has 3 aromatic carbocycles. The molecule has 4 rings (SSSR count). The van der Waals surface area contributed by atoms with Gasteiger partial charge in [-0.25, -0.2) is 14.1 Å². The van der Waals surface area contributed by atoms with E-state index in [-0.39, 0.29) is 22.8 Å². The topological polar surface area (TPSA) is 95.9 Å². The minimum Gasteiger partial charge on any atom is -0.508 e. The summed E-state index contributed by atoms with van der Waals surface area (Å²) in [7, 11) is 1.45. The van der Waals surface area contributed by atoms with E-state index in [1.54, 1.807) is 24.3 Å². The zero-order chi connectivity index (χ0) is 24.4. The molecule has 7 nitrogen and oxygen atoms in total. The van der Waals surface area contributed by atoms with E-state index in [4.69, 9.17) is 16.3 Å². The zero-order valence-corrected chi connectivity index (χ0v) is 18.6. The summed E-state index contributed by atoms with van der Waals surface area (Å²) in [6, 6.07) is 13.7. The summed E-state index contributed by atoms with van der Waals surface area (Å²) in [6.45, 7) is 0. The third-order valence-corrected chi connectivity index (χ3v) is 5.52. The van der Waals surface area contributed by atoms with Crippen molar-refractivity contribution in [3.8, 4) is 11.5 Å². The largest absolute Gasteiger partial charge is 0.508 e. The van der Waals surface area contributed by atoms with Crippen LogP contribution in [0.4, 0.5) is 14.9 Å². The SMILES string of the molecule is COc1cc(/C=C2\C(=O)NC(=O)N(c3ccc(O)cc3)C2=O)cc(Cl)c1Cc1cccc(F)c1. The van der Waals surface area contributed by atoms with Gasteiger partial charge in [0.2, 0.25) is 0 Å². The molecule has 9 heteroatoms. The molecular formula is C25H18ClFN2O5. The third-order valence-electron chi connectivity index (χ3n) is 5.19. The Balaban J connectivity index is 1.70. The molecule has 0 unspecified atom stereocenters. The van der Waals surface area contributed by atoms with Crippen molar-refractivity contribution >= 4 is 41.2 Å². The predicted molar refractivity (Wildman–Crippen MR) is 124 cm³/mol. The van der Waals surface area contributed by atoms with Crippen molar-refractivity contribution in [2.45, 2.75) is 6.42 Å². The number of nitrogens with one attached hydrogen (secondary N) is 1. The molecule has 2 N–H and O–H groups in total. The van der Waals surface area contributed by atoms with Crippen molar-refractivity contribution in [3.63, 3.8) is 0 Å². The first kappa shape index (κ1) is 23.0. The number of carbonyl (C=O) groups is 3. The molecule has 1 aliphatic rings. The van der Waals surface area contributed by atoms with Crippen LogP contribution in [-0.2, 0) is 16.0 Å². The highest BCUT2D eigenvalue weighted by Gasteiger charge is 2.36. The number of anilines is 1. The maximum absolute atomic E-state index is 13.6. The van der Waals surface area contributed by atoms with Crippen molar-refractivity contribution in [3.05, 3.63) is 93.8 Å². The van der Waals surface area contributed by atoms with Crippen molar-refractivity contribution in [2.24, 2.45) is 0 Å². The smallest absolute Gasteiger partial charge is 0.335 e. The van der Waals surface area contributed by atoms with Crippen LogP contribution in [0.5, 0.6) is 11.5 Å². The second-order valence-corrected chi connectivity index (χ2v) is 7.87. The lowest BCUT2D eigenvalue weighted by atomic mass is 10.00. The van der Waals surface area contributed by atoms with E-state index < -0.39 is 17.8 Å². The van der Waals surface area contributed by atoms with Crippen LogP contribution in [0.1, 0.15) is 16.7 Å². The molecule has 0 spiro atoms. The summed E-state index contributed by atoms with van der Waals surface area (Å²) in [5, 5.41) is 11.9. The number of nitrogens with zero attached hydrogens (tertiary/aromatic N) is 1. The van der Waals surface area contributed by atoms with Crippen molar-refractivity contribution < 1.29 is 28.6 Å². The number of halogens is 2. The fraction of sp³-hybridized carbons (Fsp3) is 0.0800. The molecule has 4 amide bonds. The highest BCUT2D eigenvalue weighted by atomic mass is 35.5. The summed E-state index contributed by atoms with van der Waals surface area (Å²) >= 11 is 6.48. The minimum atomic E-state index is -0.904. The monoisotopic (exact) mass is 480 g/mol. The number of hydrogen-bond donors (Lipinski definition) is 2. The number of methoxy groups -OCH3 is 1. The van der Waals surface area contributed by atoms with Gasteiger partial charge in [0, 0.05) is 17.0 Å². The summed E-state index contributed by atoms with van der Waals surface area (Å²) in [4.78, 5) is 38.6. The van der Waals surface area contributed by atoms with Crippen LogP contribution in [0.3, 0.4) is 0 Å². The lowest BCUT2D eigenvalue weighted by molar-refractivity contribution is -0.122. The van der Waals surface area contributed by atoms with Crippen LogP contribution in [0.2, 0.25) is 5.02 Å². The van der Waals surface area contributed by atoms with Crippen molar-refractivity contribution in [1.29, 1.82) is 0 Å². The van der Waals surface area contributed by atoms with Crippen LogP contribution in [0, 0.1) is 5.82 Å². The minimum absolute atomic E-state index is 0.0412. The maximum atomic E-state index is 13.6. The molecule has 0 saturated carbocycles. The van der Waals surface area contributed by atoms with Gasteiger partial charge < -0.3 is 9.84 Å². The van der Waals surface area contributed by atoms with E-state index >= 15 is 0 Å². The number of carbonyl (C=O) groups excluding carboxylic acids is 3. The molecule has 3 aromatic rings. The molecule has 1 saturated heterocycles. The lowest BCUT2D eigenvalue weighted by Crippen LogP contribution is -2.54. The normalized spacial score (nSPS) is 15.0. The van der Waals surface area contributed by atoms with Gasteiger partial charge in [0.25, 0.3) is 11.8 Å². The number of urea groups is 1. The fourth-order valence-electron chi connectivity index (χ4n) is 3.58. The molecule has 0 bridgehead atoms. The van der Waals surface area contributed by atoms with Gasteiger partial charge in [-0.05, 0) is 65.7 Å². The maximum Gasteiger partial charge on any atom is 0.335 e. The Morgan fingerprint density at radius 2 is 1.82 bits per heavy atom. The van der Waals surface area contributed by atoms with Crippen LogP contribution in [0.25, 0.3) is 6.08 Å². The molecule has 1 heterocycles. The third kappa shape index (κ3) is 4.62. The van der Waals surface area contributed by atoms with Gasteiger partial charge in [-0.15, -0.1) is 0 Å². The van der Waals surface area contributed by atoms with Crippen molar-refractivity contribution in [1.82, 2.24) is 5.32 Å². The molecule has 34 heavy (non-hydrogen) atoms. The van der Waals surface area contributed by atoms with E-state index in [2.05, 4.69) is 5.32 Å². The number of imide groups is 2. The first-order valence-corrected chi connectivity index (χ1v) is 10.5. The number of barbiturate groups is 1. The Hall–Kier alpha value is -4.17. The Morgan fingerprint density at radius 1 is 1.09 bits per heavy atom. The van der Waals surface area contributed by atoms with Crippen molar-refractivity contribution in [2.75, 3.05) is 12.0 Å². The number of hydrogen-bond acceptors (Lipinski definition) is 5. The van der Waals surface area contributed by atoms with Gasteiger partial charge in [0.05, 0.1) is 12.8 Å². The van der Waals surface area contributed by atoms with E-state index in [0.717, 1.165) is 4.90 Å². The summed E-state index contributed by atoms with van der Waals surface area (Å²) in [5.41, 5.74) is 1.58. The van der Waals surface area contributed by atoms with Gasteiger partial charge in [-0.2, -0.15) is 0 Å². The van der Waals surface area contributed by atoms with E-state index in [1.807, 2.05) is 0 Å². The van der Waals surface area contributed by atoms with E-state index in [0.29, 0.717) is 33.9 Å². The molecule has 0 atom stereocenters. The Kier molecular flexibility index (Phi) is 6.34. The Bertz CT molecular complexity index is 1340. The number of amides is 4. The molecular weight excluding hydrogens is 463 g/mol. The first-order valence-electron chi connectivity index (χ1n) is 10.1. The second kappa shape index (κ2) is 9.36. The molecule has 0 aromatic heterocycles. The number of rotatable bonds is 5. The molecule has 1 aliphatic heterocycles. The average Bonchev–Trinajstić information content (AvgIpc) is 2.79. The van der Waals surface area contributed by atoms with Gasteiger partial charge in [0.1, 0.15) is 22.9 Å². The van der Waals surface area contributed by atoms with E-state index in [1.165, 1.54) is 49.6 Å². The molecule has 0 aliphatic carbocycles. The highest BCUT2D eigenvalue weighted by Crippen LogP contribution is 2.32. The zero-order valence-electron chi connectivity index (χ0n) is 17.8. The standard InChI is InChI=1S/C25H18ClFN2O5/c1-34-22-13-15(12-21(26)19(22)10-14-3-2-4-16(27)9-14)11-20-23(31)28-25(33)29(24(20)32)17-5-7-18(30)8-6-17/h2-9,11-13,30H,10H2,1H3,(H,28,31,33)/b20-11+. The fourth-order valence-corrected chi connectivity index (χ4v) is 3.87. The summed E-state index contributed by atoms with van der Waals surface area (Å²) in [6.07, 6.45) is 1.61. The first-order chi connectivity index (χ1) is 16.3. The van der Waals surface area contributed by atoms with Gasteiger partial charge in [0.15, 0.2) is 0 Å².